The van der Waals surface area contributed by atoms with Gasteiger partial charge in [0, 0.05) is 13.2 Å². The molecule has 1 saturated heterocycles. The molecule has 6 heteroatoms. The van der Waals surface area contributed by atoms with Crippen molar-refractivity contribution in [2.24, 2.45) is 0 Å². The minimum Gasteiger partial charge on any atom is -0.381 e. The maximum Gasteiger partial charge on any atom is 0.162 e. The smallest absolute Gasteiger partial charge is 0.162 e. The lowest BCUT2D eigenvalue weighted by molar-refractivity contribution is 0.0673. The maximum absolute atomic E-state index is 5.98. The van der Waals surface area contributed by atoms with Gasteiger partial charge in [0.1, 0.15) is 11.5 Å². The van der Waals surface area contributed by atoms with E-state index < -0.39 is 0 Å². The highest BCUT2D eigenvalue weighted by molar-refractivity contribution is 6.33. The molecule has 0 saturated carbocycles. The third-order valence-corrected chi connectivity index (χ3v) is 3.18. The van der Waals surface area contributed by atoms with Crippen LogP contribution in [0.5, 0.6) is 0 Å². The van der Waals surface area contributed by atoms with Gasteiger partial charge < -0.3 is 4.74 Å². The summed E-state index contributed by atoms with van der Waals surface area (Å²) in [5, 5.41) is 5.63. The van der Waals surface area contributed by atoms with Crippen molar-refractivity contribution in [1.29, 1.82) is 0 Å². The number of hydrogen-bond donors (Lipinski definition) is 0. The summed E-state index contributed by atoms with van der Waals surface area (Å²) in [7, 11) is 0. The van der Waals surface area contributed by atoms with Crippen LogP contribution in [0.25, 0.3) is 11.0 Å². The van der Waals surface area contributed by atoms with E-state index in [0.29, 0.717) is 11.2 Å². The first-order valence-corrected chi connectivity index (χ1v) is 5.65. The zero-order valence-corrected chi connectivity index (χ0v) is 9.39. The second-order valence-electron chi connectivity index (χ2n) is 3.83. The third kappa shape index (κ3) is 1.56. The fraction of sp³-hybridized carbons (Fsp3) is 0.500. The number of ether oxygens (including phenoxy) is 1. The lowest BCUT2D eigenvalue weighted by Gasteiger charge is -2.22. The Hall–Kier alpha value is -1.20. The van der Waals surface area contributed by atoms with Gasteiger partial charge in [0.05, 0.1) is 17.6 Å². The molecule has 0 spiro atoms. The van der Waals surface area contributed by atoms with Crippen molar-refractivity contribution >= 4 is 22.6 Å². The van der Waals surface area contributed by atoms with E-state index in [4.69, 9.17) is 16.3 Å². The van der Waals surface area contributed by atoms with Gasteiger partial charge in [-0.3, -0.25) is 0 Å². The molecule has 0 radical (unpaired) electrons. The van der Waals surface area contributed by atoms with Crippen LogP contribution in [-0.2, 0) is 4.74 Å². The second kappa shape index (κ2) is 3.99. The van der Waals surface area contributed by atoms with Crippen LogP contribution in [0.2, 0.25) is 5.15 Å². The molecular weight excluding hydrogens is 228 g/mol. The molecule has 1 fully saturated rings. The Morgan fingerprint density at radius 3 is 2.94 bits per heavy atom. The van der Waals surface area contributed by atoms with E-state index in [1.165, 1.54) is 6.33 Å². The van der Waals surface area contributed by atoms with E-state index >= 15 is 0 Å². The van der Waals surface area contributed by atoms with Crippen molar-refractivity contribution < 1.29 is 4.74 Å². The molecule has 0 atom stereocenters. The monoisotopic (exact) mass is 238 g/mol. The van der Waals surface area contributed by atoms with Crippen LogP contribution in [0, 0.1) is 0 Å². The number of fused-ring (bicyclic) bond motifs is 1. The Balaban J connectivity index is 2.06. The molecule has 0 bridgehead atoms. The van der Waals surface area contributed by atoms with Gasteiger partial charge in [-0.2, -0.15) is 5.10 Å². The van der Waals surface area contributed by atoms with Gasteiger partial charge in [-0.15, -0.1) is 0 Å². The SMILES string of the molecule is Clc1ncnc2c1cnn2C1CCOCC1. The molecule has 84 valence electrons. The fourth-order valence-corrected chi connectivity index (χ4v) is 2.21. The summed E-state index contributed by atoms with van der Waals surface area (Å²) in [5.41, 5.74) is 0.812. The summed E-state index contributed by atoms with van der Waals surface area (Å²) in [6.45, 7) is 1.57. The van der Waals surface area contributed by atoms with Crippen LogP contribution in [0.15, 0.2) is 12.5 Å². The van der Waals surface area contributed by atoms with Crippen LogP contribution in [-0.4, -0.2) is 33.0 Å². The number of halogens is 1. The van der Waals surface area contributed by atoms with Gasteiger partial charge in [0.2, 0.25) is 0 Å². The molecule has 16 heavy (non-hydrogen) atoms. The number of nitrogens with zero attached hydrogens (tertiary/aromatic N) is 4. The summed E-state index contributed by atoms with van der Waals surface area (Å²) in [4.78, 5) is 8.18. The quantitative estimate of drug-likeness (QED) is 0.712. The lowest BCUT2D eigenvalue weighted by Crippen LogP contribution is -2.20. The first-order valence-electron chi connectivity index (χ1n) is 5.28. The molecule has 0 N–H and O–H groups in total. The van der Waals surface area contributed by atoms with Gasteiger partial charge in [-0.1, -0.05) is 11.6 Å². The fourth-order valence-electron chi connectivity index (χ4n) is 2.03. The predicted octanol–water partition coefficient (Wildman–Crippen LogP) is 1.83. The van der Waals surface area contributed by atoms with Gasteiger partial charge in [-0.05, 0) is 12.8 Å². The van der Waals surface area contributed by atoms with E-state index in [0.717, 1.165) is 37.1 Å². The summed E-state index contributed by atoms with van der Waals surface area (Å²) in [5.74, 6) is 0. The van der Waals surface area contributed by atoms with Crippen molar-refractivity contribution in [3.05, 3.63) is 17.7 Å². The highest BCUT2D eigenvalue weighted by Gasteiger charge is 2.19. The molecule has 3 rings (SSSR count). The van der Waals surface area contributed by atoms with E-state index in [9.17, 15) is 0 Å². The number of hydrogen-bond acceptors (Lipinski definition) is 4. The molecule has 2 aromatic heterocycles. The Morgan fingerprint density at radius 2 is 2.12 bits per heavy atom. The maximum atomic E-state index is 5.98. The molecule has 0 aromatic carbocycles. The number of aromatic nitrogens is 4. The van der Waals surface area contributed by atoms with Crippen LogP contribution in [0.1, 0.15) is 18.9 Å². The zero-order chi connectivity index (χ0) is 11.0. The minimum atomic E-state index is 0.359. The summed E-state index contributed by atoms with van der Waals surface area (Å²) in [6, 6.07) is 0.359. The lowest BCUT2D eigenvalue weighted by atomic mass is 10.1. The van der Waals surface area contributed by atoms with E-state index in [-0.39, 0.29) is 0 Å². The number of rotatable bonds is 1. The average molecular weight is 239 g/mol. The molecule has 0 unspecified atom stereocenters. The topological polar surface area (TPSA) is 52.8 Å². The second-order valence-corrected chi connectivity index (χ2v) is 4.19. The standard InChI is InChI=1S/C10H11ClN4O/c11-9-8-5-14-15(10(8)13-6-12-9)7-1-3-16-4-2-7/h5-7H,1-4H2. The molecule has 5 nitrogen and oxygen atoms in total. The highest BCUT2D eigenvalue weighted by atomic mass is 35.5. The van der Waals surface area contributed by atoms with Crippen molar-refractivity contribution in [2.75, 3.05) is 13.2 Å². The van der Waals surface area contributed by atoms with Crippen molar-refractivity contribution in [3.63, 3.8) is 0 Å². The van der Waals surface area contributed by atoms with Gasteiger partial charge in [0.25, 0.3) is 0 Å². The van der Waals surface area contributed by atoms with Crippen LogP contribution in [0.3, 0.4) is 0 Å². The molecule has 1 aliphatic rings. The minimum absolute atomic E-state index is 0.359. The normalized spacial score (nSPS) is 18.1. The molecular formula is C10H11ClN4O. The Morgan fingerprint density at radius 1 is 1.31 bits per heavy atom. The van der Waals surface area contributed by atoms with Crippen molar-refractivity contribution in [3.8, 4) is 0 Å². The summed E-state index contributed by atoms with van der Waals surface area (Å²) in [6.07, 6.45) is 5.14. The van der Waals surface area contributed by atoms with Crippen molar-refractivity contribution in [1.82, 2.24) is 19.7 Å². The molecule has 1 aliphatic heterocycles. The first-order chi connectivity index (χ1) is 7.86. The largest absolute Gasteiger partial charge is 0.381 e. The van der Waals surface area contributed by atoms with Crippen LogP contribution in [0.4, 0.5) is 0 Å². The predicted molar refractivity (Wildman–Crippen MR) is 59.4 cm³/mol. The van der Waals surface area contributed by atoms with Gasteiger partial charge in [-0.25, -0.2) is 14.6 Å². The molecule has 2 aromatic rings. The van der Waals surface area contributed by atoms with Crippen LogP contribution >= 0.6 is 11.6 Å². The molecule has 0 amide bonds. The van der Waals surface area contributed by atoms with Crippen LogP contribution < -0.4 is 0 Å². The Kier molecular flexibility index (Phi) is 2.49. The summed E-state index contributed by atoms with van der Waals surface area (Å²) < 4.78 is 7.27. The van der Waals surface area contributed by atoms with E-state index in [1.54, 1.807) is 6.20 Å². The molecule has 3 heterocycles. The van der Waals surface area contributed by atoms with E-state index in [2.05, 4.69) is 15.1 Å². The molecule has 0 aliphatic carbocycles. The van der Waals surface area contributed by atoms with Gasteiger partial charge in [0.15, 0.2) is 5.65 Å². The highest BCUT2D eigenvalue weighted by Crippen LogP contribution is 2.26. The Bertz CT molecular complexity index is 506. The van der Waals surface area contributed by atoms with Crippen molar-refractivity contribution in [2.45, 2.75) is 18.9 Å². The average Bonchev–Trinajstić information content (AvgIpc) is 2.75. The summed E-state index contributed by atoms with van der Waals surface area (Å²) >= 11 is 5.98. The zero-order valence-electron chi connectivity index (χ0n) is 8.64. The van der Waals surface area contributed by atoms with E-state index in [1.807, 2.05) is 4.68 Å². The third-order valence-electron chi connectivity index (χ3n) is 2.88. The Labute approximate surface area is 97.4 Å². The first kappa shape index (κ1) is 9.99. The van der Waals surface area contributed by atoms with Gasteiger partial charge >= 0.3 is 0 Å².